The maximum Gasteiger partial charge on any atom is 0.139 e. The van der Waals surface area contributed by atoms with Gasteiger partial charge in [-0.1, -0.05) is 19.6 Å². The van der Waals surface area contributed by atoms with Gasteiger partial charge in [0, 0.05) is 38.8 Å². The van der Waals surface area contributed by atoms with Gasteiger partial charge < -0.3 is 4.74 Å². The highest BCUT2D eigenvalue weighted by Crippen LogP contribution is 2.25. The quantitative estimate of drug-likeness (QED) is 0.581. The molecule has 2 aromatic rings. The number of hydrogen-bond acceptors (Lipinski definition) is 3. The van der Waals surface area contributed by atoms with Gasteiger partial charge in [-0.2, -0.15) is 5.10 Å². The Labute approximate surface area is 129 Å². The number of pyridine rings is 1. The Kier molecular flexibility index (Phi) is 5.12. The Hall–Kier alpha value is -0.983. The topological polar surface area (TPSA) is 39.9 Å². The Morgan fingerprint density at radius 1 is 1.25 bits per heavy atom. The Bertz CT molecular complexity index is 551. The fraction of sp³-hybridized carbons (Fsp3) is 0.429. The molecule has 0 N–H and O–H groups in total. The fourth-order valence-electron chi connectivity index (χ4n) is 1.71. The summed E-state index contributed by atoms with van der Waals surface area (Å²) < 4.78 is 8.50. The van der Waals surface area contributed by atoms with Crippen LogP contribution in [0.5, 0.6) is 0 Å². The smallest absolute Gasteiger partial charge is 0.139 e. The third-order valence-electron chi connectivity index (χ3n) is 2.89. The second kappa shape index (κ2) is 6.65. The first-order chi connectivity index (χ1) is 9.46. The molecule has 0 saturated carbocycles. The summed E-state index contributed by atoms with van der Waals surface area (Å²) in [4.78, 5) is 4.02. The average molecular weight is 354 g/mol. The average Bonchev–Trinajstić information content (AvgIpc) is 2.76. The predicted molar refractivity (Wildman–Crippen MR) is 87.3 cm³/mol. The third-order valence-corrected chi connectivity index (χ3v) is 5.18. The molecule has 0 aliphatic carbocycles. The van der Waals surface area contributed by atoms with Crippen LogP contribution in [0.1, 0.15) is 0 Å². The van der Waals surface area contributed by atoms with E-state index in [0.717, 1.165) is 22.3 Å². The molecule has 0 saturated heterocycles. The van der Waals surface area contributed by atoms with Crippen molar-refractivity contribution in [1.29, 1.82) is 0 Å². The van der Waals surface area contributed by atoms with Gasteiger partial charge in [0.05, 0.1) is 4.47 Å². The highest BCUT2D eigenvalue weighted by Gasteiger charge is 2.12. The first-order valence-electron chi connectivity index (χ1n) is 6.67. The Morgan fingerprint density at radius 2 is 1.95 bits per heavy atom. The van der Waals surface area contributed by atoms with Crippen molar-refractivity contribution >= 4 is 24.0 Å². The predicted octanol–water partition coefficient (Wildman–Crippen LogP) is 4.02. The largest absolute Gasteiger partial charge is 0.360 e. The minimum absolute atomic E-state index is 0.494. The zero-order valence-electron chi connectivity index (χ0n) is 12.1. The van der Waals surface area contributed by atoms with Crippen LogP contribution < -0.4 is 0 Å². The molecule has 0 aliphatic rings. The summed E-state index contributed by atoms with van der Waals surface area (Å²) in [6.45, 7) is 8.35. The third kappa shape index (κ3) is 4.54. The number of hydrogen-bond donors (Lipinski definition) is 0. The minimum atomic E-state index is -1.02. The zero-order valence-corrected chi connectivity index (χ0v) is 14.7. The van der Waals surface area contributed by atoms with E-state index in [-0.39, 0.29) is 0 Å². The molecule has 0 bridgehead atoms. The van der Waals surface area contributed by atoms with Crippen LogP contribution >= 0.6 is 15.9 Å². The molecule has 108 valence electrons. The van der Waals surface area contributed by atoms with Crippen LogP contribution in [0.2, 0.25) is 25.7 Å². The second-order valence-corrected chi connectivity index (χ2v) is 12.4. The second-order valence-electron chi connectivity index (χ2n) is 5.95. The fourth-order valence-corrected chi connectivity index (χ4v) is 3.01. The summed E-state index contributed by atoms with van der Waals surface area (Å²) in [6.07, 6.45) is 5.49. The van der Waals surface area contributed by atoms with E-state index in [1.54, 1.807) is 12.4 Å². The van der Waals surface area contributed by atoms with Gasteiger partial charge in [0.2, 0.25) is 0 Å². The molecule has 0 aromatic carbocycles. The number of halogens is 1. The number of rotatable bonds is 6. The summed E-state index contributed by atoms with van der Waals surface area (Å²) in [7, 11) is -1.02. The van der Waals surface area contributed by atoms with E-state index in [1.807, 2.05) is 23.0 Å². The van der Waals surface area contributed by atoms with Crippen molar-refractivity contribution in [2.75, 3.05) is 6.61 Å². The van der Waals surface area contributed by atoms with Crippen molar-refractivity contribution in [3.63, 3.8) is 0 Å². The molecule has 0 spiro atoms. The van der Waals surface area contributed by atoms with Gasteiger partial charge in [-0.15, -0.1) is 0 Å². The first kappa shape index (κ1) is 15.4. The molecule has 0 radical (unpaired) electrons. The maximum absolute atomic E-state index is 5.70. The van der Waals surface area contributed by atoms with Crippen molar-refractivity contribution in [3.8, 4) is 11.3 Å². The van der Waals surface area contributed by atoms with E-state index in [0.29, 0.717) is 6.73 Å². The van der Waals surface area contributed by atoms with Crippen LogP contribution in [0, 0.1) is 0 Å². The molecule has 2 aromatic heterocycles. The minimum Gasteiger partial charge on any atom is -0.360 e. The van der Waals surface area contributed by atoms with Crippen molar-refractivity contribution in [3.05, 3.63) is 35.2 Å². The monoisotopic (exact) mass is 353 g/mol. The van der Waals surface area contributed by atoms with Crippen molar-refractivity contribution in [2.45, 2.75) is 32.4 Å². The van der Waals surface area contributed by atoms with Gasteiger partial charge >= 0.3 is 0 Å². The molecular formula is C14H20BrN3OSi. The number of aromatic nitrogens is 3. The van der Waals surface area contributed by atoms with E-state index in [4.69, 9.17) is 4.74 Å². The van der Waals surface area contributed by atoms with Crippen LogP contribution in [0.3, 0.4) is 0 Å². The zero-order chi connectivity index (χ0) is 14.6. The maximum atomic E-state index is 5.70. The Balaban J connectivity index is 1.95. The Morgan fingerprint density at radius 3 is 2.60 bits per heavy atom. The lowest BCUT2D eigenvalue weighted by Gasteiger charge is -2.15. The van der Waals surface area contributed by atoms with E-state index in [9.17, 15) is 0 Å². The van der Waals surface area contributed by atoms with Crippen LogP contribution in [-0.4, -0.2) is 29.4 Å². The lowest BCUT2D eigenvalue weighted by Crippen LogP contribution is -2.22. The summed E-state index contributed by atoms with van der Waals surface area (Å²) in [5, 5.41) is 4.54. The van der Waals surface area contributed by atoms with Crippen LogP contribution in [0.4, 0.5) is 0 Å². The molecule has 4 nitrogen and oxygen atoms in total. The summed E-state index contributed by atoms with van der Waals surface area (Å²) in [6, 6.07) is 5.07. The lowest BCUT2D eigenvalue weighted by atomic mass is 10.2. The van der Waals surface area contributed by atoms with Gasteiger partial charge in [-0.25, -0.2) is 4.68 Å². The van der Waals surface area contributed by atoms with Crippen LogP contribution in [-0.2, 0) is 11.5 Å². The van der Waals surface area contributed by atoms with Gasteiger partial charge in [-0.3, -0.25) is 4.98 Å². The molecule has 2 heterocycles. The van der Waals surface area contributed by atoms with E-state index >= 15 is 0 Å². The SMILES string of the molecule is C[Si](C)(C)CCOCn1cc(Br)c(-c2ccncc2)n1. The molecular weight excluding hydrogens is 334 g/mol. The molecule has 6 heteroatoms. The molecule has 0 amide bonds. The summed E-state index contributed by atoms with van der Waals surface area (Å²) in [5.41, 5.74) is 1.97. The normalized spacial score (nSPS) is 11.8. The van der Waals surface area contributed by atoms with E-state index in [2.05, 4.69) is 45.7 Å². The molecule has 0 unspecified atom stereocenters. The number of nitrogens with zero attached hydrogens (tertiary/aromatic N) is 3. The van der Waals surface area contributed by atoms with Gasteiger partial charge in [0.25, 0.3) is 0 Å². The summed E-state index contributed by atoms with van der Waals surface area (Å²) >= 11 is 3.54. The number of ether oxygens (including phenoxy) is 1. The highest BCUT2D eigenvalue weighted by atomic mass is 79.9. The van der Waals surface area contributed by atoms with Crippen molar-refractivity contribution < 1.29 is 4.74 Å². The van der Waals surface area contributed by atoms with Crippen LogP contribution in [0.25, 0.3) is 11.3 Å². The molecule has 0 atom stereocenters. The van der Waals surface area contributed by atoms with E-state index < -0.39 is 8.07 Å². The highest BCUT2D eigenvalue weighted by molar-refractivity contribution is 9.10. The molecule has 20 heavy (non-hydrogen) atoms. The van der Waals surface area contributed by atoms with Gasteiger partial charge in [0.15, 0.2) is 0 Å². The van der Waals surface area contributed by atoms with Crippen LogP contribution in [0.15, 0.2) is 35.2 Å². The van der Waals surface area contributed by atoms with Gasteiger partial charge in [0.1, 0.15) is 12.4 Å². The standard InChI is InChI=1S/C14H20BrN3OSi/c1-20(2,3)9-8-19-11-18-10-13(15)14(17-18)12-4-6-16-7-5-12/h4-7,10H,8-9,11H2,1-3H3. The van der Waals surface area contributed by atoms with Crippen molar-refractivity contribution in [2.24, 2.45) is 0 Å². The van der Waals surface area contributed by atoms with E-state index in [1.165, 1.54) is 6.04 Å². The van der Waals surface area contributed by atoms with Gasteiger partial charge in [-0.05, 0) is 34.1 Å². The molecule has 0 fully saturated rings. The molecule has 0 aliphatic heterocycles. The summed E-state index contributed by atoms with van der Waals surface area (Å²) in [5.74, 6) is 0. The lowest BCUT2D eigenvalue weighted by molar-refractivity contribution is 0.0787. The van der Waals surface area contributed by atoms with Crippen molar-refractivity contribution in [1.82, 2.24) is 14.8 Å². The molecule has 2 rings (SSSR count). The first-order valence-corrected chi connectivity index (χ1v) is 11.2.